The number of benzene rings is 3. The van der Waals surface area contributed by atoms with Crippen molar-refractivity contribution in [2.24, 2.45) is 0 Å². The van der Waals surface area contributed by atoms with Gasteiger partial charge in [0.25, 0.3) is 11.4 Å². The van der Waals surface area contributed by atoms with Gasteiger partial charge in [-0.05, 0) is 35.4 Å². The maximum atomic E-state index is 12.0. The second-order valence-corrected chi connectivity index (χ2v) is 7.20. The lowest BCUT2D eigenvalue weighted by Crippen LogP contribution is -2.09. The molecule has 10 heteroatoms. The Labute approximate surface area is 194 Å². The number of non-ortho nitro benzene ring substituents is 2. The Bertz CT molecular complexity index is 1080. The summed E-state index contributed by atoms with van der Waals surface area (Å²) in [7, 11) is 0. The molecule has 174 valence electrons. The van der Waals surface area contributed by atoms with E-state index in [2.05, 4.69) is 0 Å². The molecule has 0 unspecified atom stereocenters. The molecule has 0 aromatic heterocycles. The summed E-state index contributed by atoms with van der Waals surface area (Å²) in [5.41, 5.74) is 2.18. The number of hydrogen-bond acceptors (Lipinski definition) is 8. The van der Waals surface area contributed by atoms with Gasteiger partial charge in [-0.3, -0.25) is 20.2 Å². The molecule has 0 N–H and O–H groups in total. The minimum atomic E-state index is -0.554. The van der Waals surface area contributed by atoms with E-state index in [1.54, 1.807) is 0 Å². The summed E-state index contributed by atoms with van der Waals surface area (Å²) in [6, 6.07) is 17.9. The van der Waals surface area contributed by atoms with E-state index in [1.807, 2.05) is 24.3 Å². The van der Waals surface area contributed by atoms with Crippen LogP contribution in [0.2, 0.25) is 0 Å². The van der Waals surface area contributed by atoms with Crippen LogP contribution in [0.1, 0.15) is 31.8 Å². The summed E-state index contributed by atoms with van der Waals surface area (Å²) in [4.78, 5) is 44.3. The molecular formula is C24H20N2O8. The van der Waals surface area contributed by atoms with E-state index in [1.165, 1.54) is 48.5 Å². The zero-order valence-electron chi connectivity index (χ0n) is 17.9. The fraction of sp³-hybridized carbons (Fsp3) is 0.167. The highest BCUT2D eigenvalue weighted by molar-refractivity contribution is 5.90. The van der Waals surface area contributed by atoms with Crippen molar-refractivity contribution < 1.29 is 28.9 Å². The summed E-state index contributed by atoms with van der Waals surface area (Å²) in [5, 5.41) is 21.3. The fourth-order valence-corrected chi connectivity index (χ4v) is 3.00. The molecule has 0 atom stereocenters. The molecule has 0 bridgehead atoms. The van der Waals surface area contributed by atoms with Gasteiger partial charge in [0.15, 0.2) is 0 Å². The van der Waals surface area contributed by atoms with Crippen molar-refractivity contribution in [3.8, 4) is 0 Å². The predicted molar refractivity (Wildman–Crippen MR) is 121 cm³/mol. The van der Waals surface area contributed by atoms with Crippen LogP contribution in [-0.4, -0.2) is 35.0 Å². The third kappa shape index (κ3) is 6.70. The summed E-state index contributed by atoms with van der Waals surface area (Å²) in [6.07, 6.45) is 0.988. The predicted octanol–water partition coefficient (Wildman–Crippen LogP) is 4.30. The smallest absolute Gasteiger partial charge is 0.338 e. The lowest BCUT2D eigenvalue weighted by Gasteiger charge is -2.07. The minimum Gasteiger partial charge on any atom is -0.462 e. The van der Waals surface area contributed by atoms with Crippen molar-refractivity contribution in [2.75, 3.05) is 13.2 Å². The van der Waals surface area contributed by atoms with Gasteiger partial charge in [-0.1, -0.05) is 24.3 Å². The molecule has 10 nitrogen and oxygen atoms in total. The van der Waals surface area contributed by atoms with Gasteiger partial charge < -0.3 is 9.47 Å². The lowest BCUT2D eigenvalue weighted by atomic mass is 10.1. The van der Waals surface area contributed by atoms with E-state index in [4.69, 9.17) is 9.47 Å². The van der Waals surface area contributed by atoms with Gasteiger partial charge in [0, 0.05) is 37.1 Å². The molecule has 0 aliphatic heterocycles. The van der Waals surface area contributed by atoms with Crippen molar-refractivity contribution >= 4 is 23.3 Å². The molecule has 0 spiro atoms. The Balaban J connectivity index is 1.39. The lowest BCUT2D eigenvalue weighted by molar-refractivity contribution is -0.385. The number of nitrogens with zero attached hydrogens (tertiary/aromatic N) is 2. The van der Waals surface area contributed by atoms with Crippen molar-refractivity contribution in [3.63, 3.8) is 0 Å². The number of hydrogen-bond donors (Lipinski definition) is 0. The molecule has 0 aliphatic rings. The average molecular weight is 464 g/mol. The molecule has 0 amide bonds. The van der Waals surface area contributed by atoms with E-state index in [-0.39, 0.29) is 35.7 Å². The number of rotatable bonds is 10. The molecule has 3 aromatic carbocycles. The highest BCUT2D eigenvalue weighted by Crippen LogP contribution is 2.14. The first-order chi connectivity index (χ1) is 16.3. The van der Waals surface area contributed by atoms with Crippen molar-refractivity contribution in [1.29, 1.82) is 0 Å². The van der Waals surface area contributed by atoms with Crippen LogP contribution in [0, 0.1) is 20.2 Å². The molecule has 0 heterocycles. The molecule has 0 fully saturated rings. The van der Waals surface area contributed by atoms with Crippen molar-refractivity contribution in [1.82, 2.24) is 0 Å². The van der Waals surface area contributed by atoms with Crippen molar-refractivity contribution in [2.45, 2.75) is 12.8 Å². The van der Waals surface area contributed by atoms with Gasteiger partial charge in [0.1, 0.15) is 0 Å². The largest absolute Gasteiger partial charge is 0.462 e. The highest BCUT2D eigenvalue weighted by atomic mass is 16.6. The van der Waals surface area contributed by atoms with Gasteiger partial charge in [-0.15, -0.1) is 0 Å². The standard InChI is InChI=1S/C24H20N2O8/c27-23(19-5-9-21(10-6-19)25(29)30)33-15-13-17-1-2-18(4-3-17)14-16-34-24(28)20-7-11-22(12-8-20)26(31)32/h1-12H,13-16H2. The third-order valence-electron chi connectivity index (χ3n) is 4.90. The van der Waals surface area contributed by atoms with Crippen LogP contribution in [-0.2, 0) is 22.3 Å². The summed E-state index contributed by atoms with van der Waals surface area (Å²) < 4.78 is 10.4. The number of carbonyl (C=O) groups is 2. The Kier molecular flexibility index (Phi) is 8.01. The van der Waals surface area contributed by atoms with Crippen LogP contribution >= 0.6 is 0 Å². The average Bonchev–Trinajstić information content (AvgIpc) is 2.85. The summed E-state index contributed by atoms with van der Waals surface area (Å²) >= 11 is 0. The molecule has 34 heavy (non-hydrogen) atoms. The first-order valence-electron chi connectivity index (χ1n) is 10.2. The van der Waals surface area contributed by atoms with Gasteiger partial charge >= 0.3 is 11.9 Å². The van der Waals surface area contributed by atoms with Gasteiger partial charge in [0.05, 0.1) is 34.2 Å². The van der Waals surface area contributed by atoms with Crippen molar-refractivity contribution in [3.05, 3.63) is 115 Å². The number of esters is 2. The molecule has 3 aromatic rings. The number of nitro groups is 2. The van der Waals surface area contributed by atoms with Crippen LogP contribution in [0.3, 0.4) is 0 Å². The van der Waals surface area contributed by atoms with Crippen LogP contribution in [0.5, 0.6) is 0 Å². The molecule has 0 saturated carbocycles. The van der Waals surface area contributed by atoms with Gasteiger partial charge in [-0.2, -0.15) is 0 Å². The Morgan fingerprint density at radius 3 is 1.21 bits per heavy atom. The summed E-state index contributed by atoms with van der Waals surface area (Å²) in [6.45, 7) is 0.310. The maximum absolute atomic E-state index is 12.0. The zero-order valence-corrected chi connectivity index (χ0v) is 17.9. The highest BCUT2D eigenvalue weighted by Gasteiger charge is 2.12. The second kappa shape index (κ2) is 11.3. The topological polar surface area (TPSA) is 139 Å². The molecular weight excluding hydrogens is 444 g/mol. The van der Waals surface area contributed by atoms with E-state index in [9.17, 15) is 29.8 Å². The Morgan fingerprint density at radius 2 is 0.912 bits per heavy atom. The number of nitro benzene ring substituents is 2. The monoisotopic (exact) mass is 464 g/mol. The maximum Gasteiger partial charge on any atom is 0.338 e. The molecule has 0 saturated heterocycles. The fourth-order valence-electron chi connectivity index (χ4n) is 3.00. The first-order valence-corrected chi connectivity index (χ1v) is 10.2. The Hall–Kier alpha value is -4.60. The van der Waals surface area contributed by atoms with Crippen LogP contribution < -0.4 is 0 Å². The van der Waals surface area contributed by atoms with Gasteiger partial charge in [0.2, 0.25) is 0 Å². The number of carbonyl (C=O) groups excluding carboxylic acids is 2. The number of ether oxygens (including phenoxy) is 2. The molecule has 0 radical (unpaired) electrons. The molecule has 0 aliphatic carbocycles. The summed E-state index contributed by atoms with van der Waals surface area (Å²) in [5.74, 6) is -1.11. The van der Waals surface area contributed by atoms with E-state index < -0.39 is 21.8 Å². The Morgan fingerprint density at radius 1 is 0.588 bits per heavy atom. The van der Waals surface area contributed by atoms with Crippen LogP contribution in [0.25, 0.3) is 0 Å². The quantitative estimate of drug-likeness (QED) is 0.246. The van der Waals surface area contributed by atoms with E-state index in [0.717, 1.165) is 11.1 Å². The normalized spacial score (nSPS) is 10.4. The van der Waals surface area contributed by atoms with Gasteiger partial charge in [-0.25, -0.2) is 9.59 Å². The zero-order chi connectivity index (χ0) is 24.5. The SMILES string of the molecule is O=C(OCCc1ccc(CCOC(=O)c2ccc([N+](=O)[O-])cc2)cc1)c1ccc([N+](=O)[O-])cc1. The van der Waals surface area contributed by atoms with Crippen LogP contribution in [0.4, 0.5) is 11.4 Å². The minimum absolute atomic E-state index is 0.0993. The first kappa shape index (κ1) is 24.1. The van der Waals surface area contributed by atoms with Crippen LogP contribution in [0.15, 0.2) is 72.8 Å². The molecule has 3 rings (SSSR count). The second-order valence-electron chi connectivity index (χ2n) is 7.20. The van der Waals surface area contributed by atoms with E-state index >= 15 is 0 Å². The third-order valence-corrected chi connectivity index (χ3v) is 4.90. The van der Waals surface area contributed by atoms with E-state index in [0.29, 0.717) is 12.8 Å².